The Kier molecular flexibility index (Phi) is 5.33. The number of anilines is 1. The van der Waals surface area contributed by atoms with Gasteiger partial charge in [0.25, 0.3) is 5.91 Å². The molecule has 1 amide bonds. The number of morpholine rings is 1. The van der Waals surface area contributed by atoms with Gasteiger partial charge in [-0.1, -0.05) is 5.16 Å². The van der Waals surface area contributed by atoms with Gasteiger partial charge >= 0.3 is 0 Å². The average molecular weight is 344 g/mol. The lowest BCUT2D eigenvalue weighted by atomic mass is 10.1. The van der Waals surface area contributed by atoms with E-state index < -0.39 is 0 Å². The summed E-state index contributed by atoms with van der Waals surface area (Å²) in [5.74, 6) is 1.41. The Morgan fingerprint density at radius 1 is 1.44 bits per heavy atom. The van der Waals surface area contributed by atoms with E-state index in [1.807, 2.05) is 24.1 Å². The summed E-state index contributed by atoms with van der Waals surface area (Å²) in [4.78, 5) is 18.8. The van der Waals surface area contributed by atoms with E-state index in [1.165, 1.54) is 5.56 Å². The molecule has 0 aromatic carbocycles. The van der Waals surface area contributed by atoms with Crippen molar-refractivity contribution in [2.75, 3.05) is 32.1 Å². The predicted molar refractivity (Wildman–Crippen MR) is 93.7 cm³/mol. The lowest BCUT2D eigenvalue weighted by Gasteiger charge is -2.33. The van der Waals surface area contributed by atoms with Gasteiger partial charge < -0.3 is 19.5 Å². The second-order valence-electron chi connectivity index (χ2n) is 6.28. The van der Waals surface area contributed by atoms with E-state index in [9.17, 15) is 4.79 Å². The zero-order valence-electron chi connectivity index (χ0n) is 14.9. The standard InChI is InChI=1S/C18H24N4O3/c1-12-17(13(2)25-21-12)18(23)22-8-9-24-15(11-22)5-4-14-6-7-20-16(10-14)19-3/h6-7,10,15H,4-5,8-9,11H2,1-3H3,(H,19,20)/t15-/m0/s1. The average Bonchev–Trinajstić information content (AvgIpc) is 2.98. The van der Waals surface area contributed by atoms with E-state index in [0.29, 0.717) is 36.7 Å². The highest BCUT2D eigenvalue weighted by Gasteiger charge is 2.28. The van der Waals surface area contributed by atoms with E-state index in [4.69, 9.17) is 9.26 Å². The van der Waals surface area contributed by atoms with Crippen molar-refractivity contribution in [3.8, 4) is 0 Å². The van der Waals surface area contributed by atoms with Crippen LogP contribution < -0.4 is 5.32 Å². The highest BCUT2D eigenvalue weighted by Crippen LogP contribution is 2.19. The number of hydrogen-bond acceptors (Lipinski definition) is 6. The van der Waals surface area contributed by atoms with Crippen LogP contribution >= 0.6 is 0 Å². The van der Waals surface area contributed by atoms with Crippen LogP contribution in [0.25, 0.3) is 0 Å². The van der Waals surface area contributed by atoms with E-state index in [2.05, 4.69) is 15.5 Å². The molecule has 1 atom stereocenters. The van der Waals surface area contributed by atoms with Crippen molar-refractivity contribution in [3.63, 3.8) is 0 Å². The molecule has 0 radical (unpaired) electrons. The first kappa shape index (κ1) is 17.4. The first-order valence-electron chi connectivity index (χ1n) is 8.55. The van der Waals surface area contributed by atoms with Crippen molar-refractivity contribution in [1.29, 1.82) is 0 Å². The number of rotatable bonds is 5. The zero-order valence-corrected chi connectivity index (χ0v) is 14.9. The molecule has 7 heteroatoms. The normalized spacial score (nSPS) is 17.6. The summed E-state index contributed by atoms with van der Waals surface area (Å²) in [6, 6.07) is 4.05. The molecule has 0 bridgehead atoms. The van der Waals surface area contributed by atoms with Crippen molar-refractivity contribution in [3.05, 3.63) is 40.9 Å². The number of aromatic nitrogens is 2. The summed E-state index contributed by atoms with van der Waals surface area (Å²) >= 11 is 0. The maximum atomic E-state index is 12.8. The molecule has 7 nitrogen and oxygen atoms in total. The molecule has 0 saturated carbocycles. The van der Waals surface area contributed by atoms with Gasteiger partial charge in [0.05, 0.1) is 18.4 Å². The van der Waals surface area contributed by atoms with Gasteiger partial charge in [0.15, 0.2) is 0 Å². The minimum atomic E-state index is -0.0223. The lowest BCUT2D eigenvalue weighted by Crippen LogP contribution is -2.46. The third-order valence-corrected chi connectivity index (χ3v) is 4.51. The molecule has 0 aliphatic carbocycles. The van der Waals surface area contributed by atoms with Gasteiger partial charge in [0, 0.05) is 26.3 Å². The van der Waals surface area contributed by atoms with Crippen LogP contribution in [-0.2, 0) is 11.2 Å². The summed E-state index contributed by atoms with van der Waals surface area (Å²) in [6.07, 6.45) is 3.58. The monoisotopic (exact) mass is 344 g/mol. The molecule has 1 N–H and O–H groups in total. The third kappa shape index (κ3) is 3.99. The first-order chi connectivity index (χ1) is 12.1. The number of amides is 1. The number of nitrogens with zero attached hydrogens (tertiary/aromatic N) is 3. The van der Waals surface area contributed by atoms with Crippen LogP contribution in [-0.4, -0.2) is 53.8 Å². The molecule has 1 saturated heterocycles. The number of pyridine rings is 1. The van der Waals surface area contributed by atoms with E-state index in [-0.39, 0.29) is 12.0 Å². The number of nitrogens with one attached hydrogen (secondary N) is 1. The van der Waals surface area contributed by atoms with Gasteiger partial charge in [0.1, 0.15) is 17.1 Å². The van der Waals surface area contributed by atoms with Gasteiger partial charge in [-0.2, -0.15) is 0 Å². The Balaban J connectivity index is 1.60. The van der Waals surface area contributed by atoms with Crippen molar-refractivity contribution < 1.29 is 14.1 Å². The SMILES string of the molecule is CNc1cc(CC[C@H]2CN(C(=O)c3c(C)noc3C)CCO2)ccn1. The first-order valence-corrected chi connectivity index (χ1v) is 8.55. The maximum absolute atomic E-state index is 12.8. The smallest absolute Gasteiger partial charge is 0.259 e. The Morgan fingerprint density at radius 2 is 2.28 bits per heavy atom. The molecular formula is C18H24N4O3. The number of ether oxygens (including phenoxy) is 1. The molecule has 1 aliphatic rings. The van der Waals surface area contributed by atoms with E-state index in [1.54, 1.807) is 20.0 Å². The number of hydrogen-bond donors (Lipinski definition) is 1. The van der Waals surface area contributed by atoms with E-state index >= 15 is 0 Å². The van der Waals surface area contributed by atoms with Gasteiger partial charge in [-0.05, 0) is 44.4 Å². The largest absolute Gasteiger partial charge is 0.375 e. The van der Waals surface area contributed by atoms with Gasteiger partial charge in [-0.25, -0.2) is 4.98 Å². The summed E-state index contributed by atoms with van der Waals surface area (Å²) in [7, 11) is 1.86. The highest BCUT2D eigenvalue weighted by molar-refractivity contribution is 5.96. The fraction of sp³-hybridized carbons (Fsp3) is 0.500. The second-order valence-corrected chi connectivity index (χ2v) is 6.28. The topological polar surface area (TPSA) is 80.5 Å². The molecule has 3 rings (SSSR count). The molecular weight excluding hydrogens is 320 g/mol. The Bertz CT molecular complexity index is 724. The third-order valence-electron chi connectivity index (χ3n) is 4.51. The Hall–Kier alpha value is -2.41. The van der Waals surface area contributed by atoms with Crippen LogP contribution in [0.4, 0.5) is 5.82 Å². The maximum Gasteiger partial charge on any atom is 0.259 e. The van der Waals surface area contributed by atoms with Crippen LogP contribution in [0.1, 0.15) is 33.8 Å². The summed E-state index contributed by atoms with van der Waals surface area (Å²) in [5.41, 5.74) is 2.42. The second kappa shape index (κ2) is 7.65. The van der Waals surface area contributed by atoms with Crippen molar-refractivity contribution in [2.24, 2.45) is 0 Å². The molecule has 25 heavy (non-hydrogen) atoms. The molecule has 1 fully saturated rings. The predicted octanol–water partition coefficient (Wildman–Crippen LogP) is 2.20. The Labute approximate surface area is 147 Å². The van der Waals surface area contributed by atoms with Crippen molar-refractivity contribution in [1.82, 2.24) is 15.0 Å². The molecule has 0 unspecified atom stereocenters. The Morgan fingerprint density at radius 3 is 3.00 bits per heavy atom. The van der Waals surface area contributed by atoms with Gasteiger partial charge in [-0.15, -0.1) is 0 Å². The summed E-state index contributed by atoms with van der Waals surface area (Å²) in [6.45, 7) is 5.31. The van der Waals surface area contributed by atoms with Crippen molar-refractivity contribution in [2.45, 2.75) is 32.8 Å². The lowest BCUT2D eigenvalue weighted by molar-refractivity contribution is -0.0246. The van der Waals surface area contributed by atoms with Crippen LogP contribution in [0.2, 0.25) is 0 Å². The molecule has 134 valence electrons. The molecule has 1 aliphatic heterocycles. The molecule has 0 spiro atoms. The highest BCUT2D eigenvalue weighted by atomic mass is 16.5. The molecule has 2 aromatic heterocycles. The minimum Gasteiger partial charge on any atom is -0.375 e. The van der Waals surface area contributed by atoms with E-state index in [0.717, 1.165) is 18.7 Å². The fourth-order valence-electron chi connectivity index (χ4n) is 3.12. The van der Waals surface area contributed by atoms with Crippen molar-refractivity contribution >= 4 is 11.7 Å². The number of carbonyl (C=O) groups is 1. The molecule has 2 aromatic rings. The van der Waals surface area contributed by atoms with Crippen LogP contribution in [0.3, 0.4) is 0 Å². The minimum absolute atomic E-state index is 0.0223. The van der Waals surface area contributed by atoms with Crippen LogP contribution in [0, 0.1) is 13.8 Å². The van der Waals surface area contributed by atoms with Crippen LogP contribution in [0.15, 0.2) is 22.9 Å². The van der Waals surface area contributed by atoms with Gasteiger partial charge in [0.2, 0.25) is 0 Å². The summed E-state index contributed by atoms with van der Waals surface area (Å²) in [5, 5.41) is 6.92. The van der Waals surface area contributed by atoms with Crippen LogP contribution in [0.5, 0.6) is 0 Å². The van der Waals surface area contributed by atoms with Gasteiger partial charge in [-0.3, -0.25) is 4.79 Å². The quantitative estimate of drug-likeness (QED) is 0.896. The number of carbonyl (C=O) groups excluding carboxylic acids is 1. The molecule has 3 heterocycles. The zero-order chi connectivity index (χ0) is 17.8. The number of aryl methyl sites for hydroxylation is 3. The summed E-state index contributed by atoms with van der Waals surface area (Å²) < 4.78 is 11.0. The fourth-order valence-corrected chi connectivity index (χ4v) is 3.12.